The van der Waals surface area contributed by atoms with Gasteiger partial charge in [0.15, 0.2) is 0 Å². The molecule has 1 fully saturated rings. The maximum atomic E-state index is 11.9. The summed E-state index contributed by atoms with van der Waals surface area (Å²) in [4.78, 5) is 26.7. The summed E-state index contributed by atoms with van der Waals surface area (Å²) in [6, 6.07) is 0. The van der Waals surface area contributed by atoms with Crippen LogP contribution in [-0.4, -0.2) is 47.8 Å². The van der Waals surface area contributed by atoms with E-state index >= 15 is 0 Å². The largest absolute Gasteiger partial charge is 0.339 e. The fraction of sp³-hybridized carbons (Fsp3) is 0.833. The molecule has 16 heavy (non-hydrogen) atoms. The molecule has 0 atom stereocenters. The normalized spacial score (nSPS) is 17.5. The van der Waals surface area contributed by atoms with Crippen molar-refractivity contribution in [3.63, 3.8) is 0 Å². The molecule has 0 unspecified atom stereocenters. The van der Waals surface area contributed by atoms with E-state index in [1.54, 1.807) is 11.8 Å². The van der Waals surface area contributed by atoms with Gasteiger partial charge in [0.2, 0.25) is 11.8 Å². The second-order valence-corrected chi connectivity index (χ2v) is 5.62. The molecule has 0 aromatic rings. The Morgan fingerprint density at radius 2 is 1.44 bits per heavy atom. The predicted molar refractivity (Wildman–Crippen MR) is 62.9 cm³/mol. The van der Waals surface area contributed by atoms with Crippen molar-refractivity contribution in [2.24, 2.45) is 5.41 Å². The van der Waals surface area contributed by atoms with Gasteiger partial charge in [0.05, 0.1) is 0 Å². The van der Waals surface area contributed by atoms with E-state index in [9.17, 15) is 9.59 Å². The number of hydrogen-bond acceptors (Lipinski definition) is 2. The van der Waals surface area contributed by atoms with E-state index in [0.717, 1.165) is 0 Å². The smallest absolute Gasteiger partial charge is 0.223 e. The van der Waals surface area contributed by atoms with Gasteiger partial charge >= 0.3 is 0 Å². The van der Waals surface area contributed by atoms with Gasteiger partial charge in [0, 0.05) is 39.5 Å². The second-order valence-electron chi connectivity index (χ2n) is 5.62. The van der Waals surface area contributed by atoms with Crippen molar-refractivity contribution in [2.75, 3.05) is 26.2 Å². The van der Waals surface area contributed by atoms with E-state index in [4.69, 9.17) is 0 Å². The lowest BCUT2D eigenvalue weighted by Crippen LogP contribution is -2.50. The number of nitrogens with zero attached hydrogens (tertiary/aromatic N) is 2. The number of carbonyl (C=O) groups is 2. The van der Waals surface area contributed by atoms with E-state index in [-0.39, 0.29) is 17.2 Å². The molecule has 2 amide bonds. The Morgan fingerprint density at radius 3 is 1.81 bits per heavy atom. The standard InChI is InChI=1S/C12H22N2O2/c1-10(15)13-5-7-14(8-6-13)11(16)9-12(2,3)4/h5-9H2,1-4H3. The monoisotopic (exact) mass is 226 g/mol. The van der Waals surface area contributed by atoms with E-state index in [1.165, 1.54) is 0 Å². The summed E-state index contributed by atoms with van der Waals surface area (Å²) in [5.41, 5.74) is 0.0365. The van der Waals surface area contributed by atoms with Crippen molar-refractivity contribution in [1.29, 1.82) is 0 Å². The van der Waals surface area contributed by atoms with Gasteiger partial charge in [-0.05, 0) is 5.41 Å². The molecule has 4 nitrogen and oxygen atoms in total. The van der Waals surface area contributed by atoms with E-state index in [0.29, 0.717) is 32.6 Å². The zero-order chi connectivity index (χ0) is 12.3. The van der Waals surface area contributed by atoms with E-state index in [2.05, 4.69) is 20.8 Å². The molecular formula is C12H22N2O2. The highest BCUT2D eigenvalue weighted by Gasteiger charge is 2.25. The zero-order valence-electron chi connectivity index (χ0n) is 10.7. The van der Waals surface area contributed by atoms with Crippen LogP contribution in [0.3, 0.4) is 0 Å². The molecule has 0 spiro atoms. The number of carbonyl (C=O) groups excluding carboxylic acids is 2. The minimum Gasteiger partial charge on any atom is -0.339 e. The third-order valence-electron chi connectivity index (χ3n) is 2.76. The van der Waals surface area contributed by atoms with Crippen LogP contribution >= 0.6 is 0 Å². The van der Waals surface area contributed by atoms with Crippen molar-refractivity contribution in [2.45, 2.75) is 34.1 Å². The van der Waals surface area contributed by atoms with Gasteiger partial charge in [0.1, 0.15) is 0 Å². The molecule has 1 aliphatic heterocycles. The Kier molecular flexibility index (Phi) is 3.94. The van der Waals surface area contributed by atoms with Crippen LogP contribution in [0.25, 0.3) is 0 Å². The van der Waals surface area contributed by atoms with E-state index in [1.807, 2.05) is 4.90 Å². The van der Waals surface area contributed by atoms with Crippen LogP contribution in [0.15, 0.2) is 0 Å². The Bertz CT molecular complexity index is 273. The summed E-state index contributed by atoms with van der Waals surface area (Å²) in [5.74, 6) is 0.304. The summed E-state index contributed by atoms with van der Waals surface area (Å²) >= 11 is 0. The molecule has 0 saturated carbocycles. The van der Waals surface area contributed by atoms with Gasteiger partial charge in [-0.15, -0.1) is 0 Å². The predicted octanol–water partition coefficient (Wildman–Crippen LogP) is 1.11. The lowest BCUT2D eigenvalue weighted by atomic mass is 9.91. The lowest BCUT2D eigenvalue weighted by molar-refractivity contribution is -0.139. The molecule has 0 aliphatic carbocycles. The number of hydrogen-bond donors (Lipinski definition) is 0. The number of amides is 2. The maximum Gasteiger partial charge on any atom is 0.223 e. The maximum absolute atomic E-state index is 11.9. The minimum absolute atomic E-state index is 0.0365. The number of piperazine rings is 1. The zero-order valence-corrected chi connectivity index (χ0v) is 10.7. The minimum atomic E-state index is 0.0365. The molecule has 1 aliphatic rings. The van der Waals surface area contributed by atoms with Gasteiger partial charge in [-0.3, -0.25) is 9.59 Å². The average molecular weight is 226 g/mol. The van der Waals surface area contributed by atoms with Crippen LogP contribution in [0.1, 0.15) is 34.1 Å². The first kappa shape index (κ1) is 13.0. The van der Waals surface area contributed by atoms with Crippen LogP contribution in [-0.2, 0) is 9.59 Å². The molecule has 0 N–H and O–H groups in total. The topological polar surface area (TPSA) is 40.6 Å². The first-order valence-corrected chi connectivity index (χ1v) is 5.83. The van der Waals surface area contributed by atoms with Crippen molar-refractivity contribution in [3.8, 4) is 0 Å². The molecule has 4 heteroatoms. The quantitative estimate of drug-likeness (QED) is 0.672. The summed E-state index contributed by atoms with van der Waals surface area (Å²) < 4.78 is 0. The average Bonchev–Trinajstić information content (AvgIpc) is 2.15. The summed E-state index contributed by atoms with van der Waals surface area (Å²) in [5, 5.41) is 0. The molecule has 1 heterocycles. The molecule has 0 aromatic heterocycles. The van der Waals surface area contributed by atoms with Crippen LogP contribution in [0, 0.1) is 5.41 Å². The van der Waals surface area contributed by atoms with Crippen LogP contribution in [0.5, 0.6) is 0 Å². The Balaban J connectivity index is 2.42. The molecule has 92 valence electrons. The van der Waals surface area contributed by atoms with Gasteiger partial charge in [0.25, 0.3) is 0 Å². The van der Waals surface area contributed by atoms with Crippen molar-refractivity contribution in [1.82, 2.24) is 9.80 Å². The van der Waals surface area contributed by atoms with Crippen molar-refractivity contribution < 1.29 is 9.59 Å². The van der Waals surface area contributed by atoms with Gasteiger partial charge in [-0.1, -0.05) is 20.8 Å². The van der Waals surface area contributed by atoms with E-state index < -0.39 is 0 Å². The first-order valence-electron chi connectivity index (χ1n) is 5.83. The highest BCUT2D eigenvalue weighted by Crippen LogP contribution is 2.20. The number of rotatable bonds is 1. The van der Waals surface area contributed by atoms with Gasteiger partial charge in [-0.2, -0.15) is 0 Å². The van der Waals surface area contributed by atoms with Crippen molar-refractivity contribution >= 4 is 11.8 Å². The Hall–Kier alpha value is -1.06. The lowest BCUT2D eigenvalue weighted by Gasteiger charge is -2.35. The van der Waals surface area contributed by atoms with Crippen molar-refractivity contribution in [3.05, 3.63) is 0 Å². The molecule has 0 aromatic carbocycles. The van der Waals surface area contributed by atoms with Gasteiger partial charge in [-0.25, -0.2) is 0 Å². The Morgan fingerprint density at radius 1 is 1.00 bits per heavy atom. The fourth-order valence-electron chi connectivity index (χ4n) is 1.84. The molecule has 1 saturated heterocycles. The Labute approximate surface area is 97.6 Å². The highest BCUT2D eigenvalue weighted by molar-refractivity contribution is 5.78. The third kappa shape index (κ3) is 3.83. The molecule has 0 radical (unpaired) electrons. The summed E-state index contributed by atoms with van der Waals surface area (Å²) in [6.45, 7) is 10.5. The summed E-state index contributed by atoms with van der Waals surface area (Å²) in [7, 11) is 0. The van der Waals surface area contributed by atoms with Gasteiger partial charge < -0.3 is 9.80 Å². The van der Waals surface area contributed by atoms with Crippen LogP contribution in [0.2, 0.25) is 0 Å². The first-order chi connectivity index (χ1) is 7.29. The van der Waals surface area contributed by atoms with Crippen LogP contribution < -0.4 is 0 Å². The molecule has 1 rings (SSSR count). The summed E-state index contributed by atoms with van der Waals surface area (Å²) in [6.07, 6.45) is 0.576. The highest BCUT2D eigenvalue weighted by atomic mass is 16.2. The fourth-order valence-corrected chi connectivity index (χ4v) is 1.84. The SMILES string of the molecule is CC(=O)N1CCN(C(=O)CC(C)(C)C)CC1. The molecule has 0 bridgehead atoms. The third-order valence-corrected chi connectivity index (χ3v) is 2.76. The van der Waals surface area contributed by atoms with Crippen LogP contribution in [0.4, 0.5) is 0 Å². The second kappa shape index (κ2) is 4.85. The molecular weight excluding hydrogens is 204 g/mol.